The second-order valence-electron chi connectivity index (χ2n) is 8.90. The van der Waals surface area contributed by atoms with E-state index in [9.17, 15) is 14.4 Å². The molecule has 11 nitrogen and oxygen atoms in total. The number of aryl methyl sites for hydroxylation is 2. The zero-order chi connectivity index (χ0) is 27.4. The van der Waals surface area contributed by atoms with Crippen LogP contribution in [-0.4, -0.2) is 49.5 Å². The van der Waals surface area contributed by atoms with Crippen LogP contribution in [0.15, 0.2) is 41.5 Å². The molecule has 0 fully saturated rings. The van der Waals surface area contributed by atoms with Gasteiger partial charge in [-0.1, -0.05) is 6.07 Å². The summed E-state index contributed by atoms with van der Waals surface area (Å²) in [5.41, 5.74) is 3.50. The van der Waals surface area contributed by atoms with Gasteiger partial charge in [0.2, 0.25) is 23.0 Å². The quantitative estimate of drug-likeness (QED) is 0.412. The number of fused-ring (bicyclic) bond motifs is 3. The number of benzene rings is 1. The lowest BCUT2D eigenvalue weighted by molar-refractivity contribution is -0.119. The number of anilines is 2. The number of nitrogens with one attached hydrogen (secondary N) is 3. The molecule has 1 aliphatic rings. The lowest BCUT2D eigenvalue weighted by Crippen LogP contribution is -2.27. The van der Waals surface area contributed by atoms with Crippen LogP contribution in [0.5, 0.6) is 17.2 Å². The van der Waals surface area contributed by atoms with E-state index in [-0.39, 0.29) is 29.5 Å². The Morgan fingerprint density at radius 2 is 1.87 bits per heavy atom. The number of ether oxygens (including phenoxy) is 3. The largest absolute Gasteiger partial charge is 0.493 e. The maximum absolute atomic E-state index is 13.3. The summed E-state index contributed by atoms with van der Waals surface area (Å²) in [5.74, 6) is 0.880. The van der Waals surface area contributed by atoms with Gasteiger partial charge in [-0.15, -0.1) is 0 Å². The number of nitrogens with zero attached hydrogens (tertiary/aromatic N) is 2. The van der Waals surface area contributed by atoms with Crippen LogP contribution in [0.1, 0.15) is 30.5 Å². The second kappa shape index (κ2) is 11.2. The number of carbonyl (C=O) groups excluding carboxylic acids is 2. The SMILES string of the molecule is COc1cc2c(c(OC)c1OC)-c1ccc(NCC(=O)Nc3cnn(C)c3)c(=O)cc1[C@H](NC(C)=O)CC2. The number of amides is 2. The summed E-state index contributed by atoms with van der Waals surface area (Å²) in [5, 5.41) is 12.7. The number of methoxy groups -OCH3 is 3. The van der Waals surface area contributed by atoms with Gasteiger partial charge < -0.3 is 30.2 Å². The van der Waals surface area contributed by atoms with E-state index in [0.29, 0.717) is 46.9 Å². The maximum Gasteiger partial charge on any atom is 0.243 e. The van der Waals surface area contributed by atoms with Gasteiger partial charge in [-0.25, -0.2) is 0 Å². The lowest BCUT2D eigenvalue weighted by atomic mass is 9.95. The van der Waals surface area contributed by atoms with Crippen molar-refractivity contribution in [1.82, 2.24) is 15.1 Å². The third-order valence-corrected chi connectivity index (χ3v) is 6.34. The Morgan fingerprint density at radius 3 is 2.50 bits per heavy atom. The first-order valence-electron chi connectivity index (χ1n) is 12.1. The van der Waals surface area contributed by atoms with Crippen molar-refractivity contribution in [1.29, 1.82) is 0 Å². The molecule has 0 bridgehead atoms. The molecule has 1 aromatic heterocycles. The van der Waals surface area contributed by atoms with E-state index in [1.165, 1.54) is 26.3 Å². The normalized spacial score (nSPS) is 13.9. The van der Waals surface area contributed by atoms with Crippen LogP contribution in [0.25, 0.3) is 11.1 Å². The third kappa shape index (κ3) is 5.41. The zero-order valence-corrected chi connectivity index (χ0v) is 22.0. The average molecular weight is 522 g/mol. The Labute approximate surface area is 220 Å². The van der Waals surface area contributed by atoms with Gasteiger partial charge in [-0.05, 0) is 47.7 Å². The zero-order valence-electron chi connectivity index (χ0n) is 22.0. The van der Waals surface area contributed by atoms with Crippen molar-refractivity contribution in [3.05, 3.63) is 58.0 Å². The van der Waals surface area contributed by atoms with Crippen molar-refractivity contribution in [2.24, 2.45) is 7.05 Å². The van der Waals surface area contributed by atoms with Crippen molar-refractivity contribution < 1.29 is 23.8 Å². The number of hydrogen-bond acceptors (Lipinski definition) is 8. The highest BCUT2D eigenvalue weighted by atomic mass is 16.5. The van der Waals surface area contributed by atoms with Gasteiger partial charge in [0, 0.05) is 25.7 Å². The summed E-state index contributed by atoms with van der Waals surface area (Å²) in [4.78, 5) is 37.8. The molecular formula is C27H31N5O6. The highest BCUT2D eigenvalue weighted by molar-refractivity contribution is 5.93. The highest BCUT2D eigenvalue weighted by Gasteiger charge is 2.29. The molecule has 1 heterocycles. The van der Waals surface area contributed by atoms with Crippen molar-refractivity contribution in [3.63, 3.8) is 0 Å². The Morgan fingerprint density at radius 1 is 1.11 bits per heavy atom. The summed E-state index contributed by atoms with van der Waals surface area (Å²) in [6.07, 6.45) is 4.36. The fourth-order valence-electron chi connectivity index (χ4n) is 4.72. The summed E-state index contributed by atoms with van der Waals surface area (Å²) < 4.78 is 18.5. The van der Waals surface area contributed by atoms with Crippen molar-refractivity contribution in [2.45, 2.75) is 25.8 Å². The Balaban J connectivity index is 1.79. The van der Waals surface area contributed by atoms with Crippen LogP contribution in [0.4, 0.5) is 11.4 Å². The Bertz CT molecular complexity index is 1430. The summed E-state index contributed by atoms with van der Waals surface area (Å²) in [6.45, 7) is 1.32. The van der Waals surface area contributed by atoms with Gasteiger partial charge in [-0.3, -0.25) is 19.1 Å². The standard InChI is InChI=1S/C27H31N5O6/c1-15(33)30-20-8-6-16-10-23(36-3)26(37-4)27(38-5)25(16)18-7-9-21(22(34)11-19(18)20)28-13-24(35)31-17-12-29-32(2)14-17/h7,9-12,14,20H,6,8,13H2,1-5H3,(H,28,34)(H,30,33)(H,31,35)/t20-/m1/s1. The van der Waals surface area contributed by atoms with Gasteiger partial charge in [-0.2, -0.15) is 5.10 Å². The van der Waals surface area contributed by atoms with Crippen molar-refractivity contribution in [3.8, 4) is 28.4 Å². The van der Waals surface area contributed by atoms with Gasteiger partial charge in [0.1, 0.15) is 0 Å². The predicted octanol–water partition coefficient (Wildman–Crippen LogP) is 2.65. The first-order valence-corrected chi connectivity index (χ1v) is 12.1. The molecule has 0 radical (unpaired) electrons. The van der Waals surface area contributed by atoms with E-state index in [4.69, 9.17) is 14.2 Å². The van der Waals surface area contributed by atoms with Crippen LogP contribution in [-0.2, 0) is 23.1 Å². The van der Waals surface area contributed by atoms with Crippen LogP contribution in [0, 0.1) is 0 Å². The van der Waals surface area contributed by atoms with E-state index >= 15 is 0 Å². The number of rotatable bonds is 8. The van der Waals surface area contributed by atoms with E-state index < -0.39 is 6.04 Å². The van der Waals surface area contributed by atoms with Crippen LogP contribution >= 0.6 is 0 Å². The van der Waals surface area contributed by atoms with Crippen LogP contribution in [0.3, 0.4) is 0 Å². The minimum atomic E-state index is -0.418. The smallest absolute Gasteiger partial charge is 0.243 e. The minimum Gasteiger partial charge on any atom is -0.493 e. The van der Waals surface area contributed by atoms with Gasteiger partial charge in [0.05, 0.1) is 51.5 Å². The fraction of sp³-hybridized carbons (Fsp3) is 0.333. The second-order valence-corrected chi connectivity index (χ2v) is 8.90. The van der Waals surface area contributed by atoms with E-state index in [2.05, 4.69) is 21.0 Å². The van der Waals surface area contributed by atoms with Gasteiger partial charge in [0.25, 0.3) is 0 Å². The van der Waals surface area contributed by atoms with Crippen LogP contribution < -0.4 is 35.6 Å². The molecule has 2 amide bonds. The monoisotopic (exact) mass is 521 g/mol. The average Bonchev–Trinajstić information content (AvgIpc) is 3.15. The van der Waals surface area contributed by atoms with Crippen LogP contribution in [0.2, 0.25) is 0 Å². The molecule has 38 heavy (non-hydrogen) atoms. The molecule has 4 rings (SSSR count). The lowest BCUT2D eigenvalue weighted by Gasteiger charge is -2.19. The van der Waals surface area contributed by atoms with Gasteiger partial charge >= 0.3 is 0 Å². The molecule has 0 saturated heterocycles. The molecule has 2 aromatic carbocycles. The fourth-order valence-corrected chi connectivity index (χ4v) is 4.72. The summed E-state index contributed by atoms with van der Waals surface area (Å²) >= 11 is 0. The summed E-state index contributed by atoms with van der Waals surface area (Å²) in [6, 6.07) is 6.41. The van der Waals surface area contributed by atoms with E-state index in [1.807, 2.05) is 6.07 Å². The molecule has 1 aliphatic carbocycles. The van der Waals surface area contributed by atoms with Gasteiger partial charge in [0.15, 0.2) is 11.5 Å². The molecule has 0 unspecified atom stereocenters. The molecule has 0 saturated carbocycles. The van der Waals surface area contributed by atoms with E-state index in [0.717, 1.165) is 11.1 Å². The first kappa shape index (κ1) is 26.5. The summed E-state index contributed by atoms with van der Waals surface area (Å²) in [7, 11) is 6.38. The topological polar surface area (TPSA) is 133 Å². The molecule has 3 aromatic rings. The highest BCUT2D eigenvalue weighted by Crippen LogP contribution is 2.50. The minimum absolute atomic E-state index is 0.126. The third-order valence-electron chi connectivity index (χ3n) is 6.34. The van der Waals surface area contributed by atoms with Crippen molar-refractivity contribution >= 4 is 23.2 Å². The molecule has 11 heteroatoms. The van der Waals surface area contributed by atoms with Crippen molar-refractivity contribution in [2.75, 3.05) is 38.5 Å². The Kier molecular flexibility index (Phi) is 7.85. The number of carbonyl (C=O) groups is 2. The molecular weight excluding hydrogens is 490 g/mol. The predicted molar refractivity (Wildman–Crippen MR) is 143 cm³/mol. The van der Waals surface area contributed by atoms with E-state index in [1.54, 1.807) is 44.3 Å². The molecule has 3 N–H and O–H groups in total. The molecule has 0 aliphatic heterocycles. The number of aromatic nitrogens is 2. The Hall–Kier alpha value is -4.54. The maximum atomic E-state index is 13.3. The molecule has 1 atom stereocenters. The molecule has 0 spiro atoms. The number of hydrogen-bond donors (Lipinski definition) is 3. The first-order chi connectivity index (χ1) is 18.2. The molecule has 200 valence electrons.